The Hall–Kier alpha value is -1.33. The quantitative estimate of drug-likeness (QED) is 0.620. The summed E-state index contributed by atoms with van der Waals surface area (Å²) in [4.78, 5) is 2.43. The van der Waals surface area contributed by atoms with Crippen LogP contribution in [0.25, 0.3) is 10.1 Å². The third kappa shape index (κ3) is 2.43. The maximum absolute atomic E-state index is 4.43. The van der Waals surface area contributed by atoms with Gasteiger partial charge in [-0.3, -0.25) is 0 Å². The molecule has 2 heterocycles. The van der Waals surface area contributed by atoms with Crippen molar-refractivity contribution in [1.82, 2.24) is 10.2 Å². The molecule has 0 bridgehead atoms. The summed E-state index contributed by atoms with van der Waals surface area (Å²) in [6, 6.07) is 8.35. The van der Waals surface area contributed by atoms with Gasteiger partial charge < -0.3 is 4.42 Å². The van der Waals surface area contributed by atoms with Gasteiger partial charge in [0.15, 0.2) is 0 Å². The molecule has 0 aliphatic heterocycles. The van der Waals surface area contributed by atoms with Gasteiger partial charge in [0.25, 0.3) is 0 Å². The number of thiophene rings is 1. The van der Waals surface area contributed by atoms with E-state index in [9.17, 15) is 0 Å². The number of thiol groups is 1. The van der Waals surface area contributed by atoms with Gasteiger partial charge in [-0.2, -0.15) is 0 Å². The molecule has 0 N–H and O–H groups in total. The van der Waals surface area contributed by atoms with E-state index in [4.69, 9.17) is 0 Å². The summed E-state index contributed by atoms with van der Waals surface area (Å²) in [5.74, 6) is 0. The Morgan fingerprint density at radius 3 is 2.44 bits per heavy atom. The van der Waals surface area contributed by atoms with E-state index in [2.05, 4.69) is 52.4 Å². The number of benzene rings is 1. The van der Waals surface area contributed by atoms with Gasteiger partial charge in [-0.1, -0.05) is 18.2 Å². The molecule has 2 aromatic heterocycles. The van der Waals surface area contributed by atoms with E-state index in [-0.39, 0.29) is 0 Å². The molecule has 0 atom stereocenters. The van der Waals surface area contributed by atoms with Crippen LogP contribution >= 0.6 is 24.0 Å². The summed E-state index contributed by atoms with van der Waals surface area (Å²) in [6.45, 7) is 2.10. The number of nitrogens with zero attached hydrogens (tertiary/aromatic N) is 2. The lowest BCUT2D eigenvalue weighted by molar-refractivity contribution is 0.553. The van der Waals surface area contributed by atoms with Gasteiger partial charge in [-0.15, -0.1) is 34.2 Å². The van der Waals surface area contributed by atoms with Crippen LogP contribution in [-0.4, -0.2) is 10.2 Å². The highest BCUT2D eigenvalue weighted by atomic mass is 32.1. The number of aryl methyl sites for hydroxylation is 1. The zero-order valence-electron chi connectivity index (χ0n) is 8.62. The Labute approximate surface area is 103 Å². The third-order valence-electron chi connectivity index (χ3n) is 2.02. The average Bonchev–Trinajstić information content (AvgIpc) is 2.93. The second-order valence-electron chi connectivity index (χ2n) is 3.08. The van der Waals surface area contributed by atoms with Crippen LogP contribution in [0.1, 0.15) is 4.88 Å². The number of fused-ring (bicyclic) bond motifs is 1. The van der Waals surface area contributed by atoms with E-state index in [1.165, 1.54) is 27.8 Å². The van der Waals surface area contributed by atoms with Crippen molar-refractivity contribution >= 4 is 34.1 Å². The molecule has 16 heavy (non-hydrogen) atoms. The Bertz CT molecular complexity index is 543. The van der Waals surface area contributed by atoms with Crippen molar-refractivity contribution in [3.63, 3.8) is 0 Å². The van der Waals surface area contributed by atoms with Crippen molar-refractivity contribution < 1.29 is 4.42 Å². The molecular weight excluding hydrogens is 240 g/mol. The van der Waals surface area contributed by atoms with Crippen LogP contribution < -0.4 is 0 Å². The summed E-state index contributed by atoms with van der Waals surface area (Å²) in [5.41, 5.74) is 0. The minimum absolute atomic E-state index is 1.13. The standard InChI is InChI=1S/C9H8S2.C2H2N2O/c1-6-9(10)7-4-2-3-5-8(7)11-6;1-3-4-2-5-1/h2-5,10H,1H3;1-2H. The molecule has 0 aliphatic rings. The first-order chi connectivity index (χ1) is 7.79. The summed E-state index contributed by atoms with van der Waals surface area (Å²) < 4.78 is 5.69. The minimum atomic E-state index is 1.13. The normalized spacial score (nSPS) is 9.88. The number of rotatable bonds is 0. The maximum atomic E-state index is 4.43. The Morgan fingerprint density at radius 1 is 1.19 bits per heavy atom. The first kappa shape index (κ1) is 11.2. The fraction of sp³-hybridized carbons (Fsp3) is 0.0909. The van der Waals surface area contributed by atoms with Gasteiger partial charge in [0, 0.05) is 19.9 Å². The summed E-state index contributed by atoms with van der Waals surface area (Å²) in [5, 5.41) is 7.89. The van der Waals surface area contributed by atoms with E-state index in [0.717, 1.165) is 4.90 Å². The highest BCUT2D eigenvalue weighted by Crippen LogP contribution is 2.32. The molecule has 0 saturated carbocycles. The Balaban J connectivity index is 0.000000162. The summed E-state index contributed by atoms with van der Waals surface area (Å²) >= 11 is 6.23. The fourth-order valence-corrected chi connectivity index (χ4v) is 2.66. The van der Waals surface area contributed by atoms with Gasteiger partial charge >= 0.3 is 0 Å². The van der Waals surface area contributed by atoms with E-state index in [1.807, 2.05) is 6.07 Å². The van der Waals surface area contributed by atoms with Crippen molar-refractivity contribution in [3.8, 4) is 0 Å². The number of hydrogen-bond donors (Lipinski definition) is 1. The van der Waals surface area contributed by atoms with Crippen LogP contribution in [0.5, 0.6) is 0 Å². The SMILES string of the molecule is Cc1sc2ccccc2c1S.c1nnco1. The lowest BCUT2D eigenvalue weighted by Crippen LogP contribution is -1.63. The molecule has 0 aliphatic carbocycles. The smallest absolute Gasteiger partial charge is 0.203 e. The molecule has 3 rings (SSSR count). The second-order valence-corrected chi connectivity index (χ2v) is 4.78. The van der Waals surface area contributed by atoms with Crippen molar-refractivity contribution in [1.29, 1.82) is 0 Å². The molecule has 3 nitrogen and oxygen atoms in total. The van der Waals surface area contributed by atoms with Crippen LogP contribution in [0.2, 0.25) is 0 Å². The molecule has 0 fully saturated rings. The first-order valence-corrected chi connectivity index (χ1v) is 5.91. The Kier molecular flexibility index (Phi) is 3.58. The summed E-state index contributed by atoms with van der Waals surface area (Å²) in [6.07, 6.45) is 2.53. The topological polar surface area (TPSA) is 38.9 Å². The minimum Gasteiger partial charge on any atom is -0.431 e. The van der Waals surface area contributed by atoms with E-state index < -0.39 is 0 Å². The maximum Gasteiger partial charge on any atom is 0.203 e. The van der Waals surface area contributed by atoms with Gasteiger partial charge in [-0.25, -0.2) is 0 Å². The molecule has 0 spiro atoms. The van der Waals surface area contributed by atoms with Crippen molar-refractivity contribution in [2.45, 2.75) is 11.8 Å². The zero-order chi connectivity index (χ0) is 11.4. The monoisotopic (exact) mass is 250 g/mol. The highest BCUT2D eigenvalue weighted by Gasteiger charge is 2.02. The van der Waals surface area contributed by atoms with Crippen LogP contribution in [0.3, 0.4) is 0 Å². The molecule has 0 amide bonds. The van der Waals surface area contributed by atoms with Crippen LogP contribution in [-0.2, 0) is 0 Å². The molecule has 3 aromatic rings. The number of hydrogen-bond acceptors (Lipinski definition) is 5. The molecule has 0 unspecified atom stereocenters. The molecule has 82 valence electrons. The molecular formula is C11H10N2OS2. The largest absolute Gasteiger partial charge is 0.431 e. The fourth-order valence-electron chi connectivity index (χ4n) is 1.29. The molecule has 1 aromatic carbocycles. The Morgan fingerprint density at radius 2 is 1.88 bits per heavy atom. The van der Waals surface area contributed by atoms with Gasteiger partial charge in [0.05, 0.1) is 0 Å². The van der Waals surface area contributed by atoms with Crippen LogP contribution in [0.4, 0.5) is 0 Å². The zero-order valence-corrected chi connectivity index (χ0v) is 10.3. The highest BCUT2D eigenvalue weighted by molar-refractivity contribution is 7.80. The third-order valence-corrected chi connectivity index (χ3v) is 3.84. The lowest BCUT2D eigenvalue weighted by Gasteiger charge is -1.87. The predicted molar refractivity (Wildman–Crippen MR) is 68.1 cm³/mol. The van der Waals surface area contributed by atoms with Crippen molar-refractivity contribution in [2.24, 2.45) is 0 Å². The van der Waals surface area contributed by atoms with Crippen LogP contribution in [0.15, 0.2) is 46.4 Å². The molecule has 0 radical (unpaired) electrons. The van der Waals surface area contributed by atoms with E-state index >= 15 is 0 Å². The predicted octanol–water partition coefficient (Wildman–Crippen LogP) is 3.57. The van der Waals surface area contributed by atoms with Crippen molar-refractivity contribution in [3.05, 3.63) is 41.9 Å². The van der Waals surface area contributed by atoms with Gasteiger partial charge in [0.1, 0.15) is 0 Å². The van der Waals surface area contributed by atoms with Gasteiger partial charge in [0.2, 0.25) is 12.8 Å². The summed E-state index contributed by atoms with van der Waals surface area (Å²) in [7, 11) is 0. The lowest BCUT2D eigenvalue weighted by atomic mass is 10.2. The average molecular weight is 250 g/mol. The molecule has 5 heteroatoms. The number of aromatic nitrogens is 2. The van der Waals surface area contributed by atoms with Gasteiger partial charge in [-0.05, 0) is 13.0 Å². The van der Waals surface area contributed by atoms with E-state index in [1.54, 1.807) is 11.3 Å². The molecule has 0 saturated heterocycles. The second kappa shape index (κ2) is 5.14. The first-order valence-electron chi connectivity index (χ1n) is 4.65. The van der Waals surface area contributed by atoms with Crippen molar-refractivity contribution in [2.75, 3.05) is 0 Å². The van der Waals surface area contributed by atoms with Crippen LogP contribution in [0, 0.1) is 6.92 Å². The van der Waals surface area contributed by atoms with E-state index in [0.29, 0.717) is 0 Å².